The van der Waals surface area contributed by atoms with Gasteiger partial charge in [0.2, 0.25) is 0 Å². The minimum atomic E-state index is -4.09. The van der Waals surface area contributed by atoms with E-state index in [0.29, 0.717) is 6.42 Å². The Labute approximate surface area is 92.4 Å². The van der Waals surface area contributed by atoms with Crippen LogP contribution < -0.4 is 5.73 Å². The Balaban J connectivity index is 2.47. The molecule has 16 heavy (non-hydrogen) atoms. The van der Waals surface area contributed by atoms with Gasteiger partial charge in [-0.2, -0.15) is 18.3 Å². The molecule has 0 radical (unpaired) electrons. The maximum Gasteiger partial charge on any atom is 0.389 e. The van der Waals surface area contributed by atoms with Gasteiger partial charge in [0.1, 0.15) is 0 Å². The molecular weight excluding hydrogens is 219 g/mol. The van der Waals surface area contributed by atoms with Crippen LogP contribution in [0.5, 0.6) is 0 Å². The molecule has 0 aliphatic rings. The maximum atomic E-state index is 11.9. The second-order valence-electron chi connectivity index (χ2n) is 3.92. The minimum Gasteiger partial charge on any atom is -0.324 e. The number of aromatic nitrogens is 2. The predicted octanol–water partition coefficient (Wildman–Crippen LogP) is 2.46. The van der Waals surface area contributed by atoms with Crippen LogP contribution in [0.15, 0.2) is 6.20 Å². The molecule has 2 N–H and O–H groups in total. The van der Waals surface area contributed by atoms with E-state index in [0.717, 1.165) is 11.3 Å². The molecule has 0 aromatic carbocycles. The zero-order valence-electron chi connectivity index (χ0n) is 9.38. The molecule has 6 heteroatoms. The summed E-state index contributed by atoms with van der Waals surface area (Å²) < 4.78 is 37.5. The summed E-state index contributed by atoms with van der Waals surface area (Å²) in [6, 6.07) is -0.365. The van der Waals surface area contributed by atoms with Crippen molar-refractivity contribution >= 4 is 0 Å². The molecule has 0 fully saturated rings. The SMILES string of the molecule is Cc1c(C(N)CCCC(F)(F)F)cnn1C. The number of nitrogens with two attached hydrogens (primary N) is 1. The van der Waals surface area contributed by atoms with Crippen LogP contribution in [0.2, 0.25) is 0 Å². The van der Waals surface area contributed by atoms with Crippen molar-refractivity contribution in [1.82, 2.24) is 9.78 Å². The van der Waals surface area contributed by atoms with E-state index in [1.165, 1.54) is 0 Å². The van der Waals surface area contributed by atoms with Gasteiger partial charge < -0.3 is 5.73 Å². The number of rotatable bonds is 4. The van der Waals surface area contributed by atoms with Crippen LogP contribution in [-0.4, -0.2) is 16.0 Å². The molecule has 0 aliphatic heterocycles. The molecule has 0 saturated carbocycles. The van der Waals surface area contributed by atoms with Crippen molar-refractivity contribution in [3.8, 4) is 0 Å². The molecule has 92 valence electrons. The third kappa shape index (κ3) is 3.52. The molecule has 0 spiro atoms. The Morgan fingerprint density at radius 1 is 1.50 bits per heavy atom. The summed E-state index contributed by atoms with van der Waals surface area (Å²) in [6.45, 7) is 1.85. The fourth-order valence-electron chi connectivity index (χ4n) is 1.56. The van der Waals surface area contributed by atoms with E-state index < -0.39 is 12.6 Å². The van der Waals surface area contributed by atoms with Crippen LogP contribution in [0.1, 0.15) is 36.6 Å². The lowest BCUT2D eigenvalue weighted by Gasteiger charge is -2.12. The summed E-state index contributed by atoms with van der Waals surface area (Å²) in [4.78, 5) is 0. The van der Waals surface area contributed by atoms with Crippen molar-refractivity contribution in [1.29, 1.82) is 0 Å². The van der Waals surface area contributed by atoms with Gasteiger partial charge in [-0.05, 0) is 19.8 Å². The summed E-state index contributed by atoms with van der Waals surface area (Å²) in [5.41, 5.74) is 7.54. The number of halogens is 3. The highest BCUT2D eigenvalue weighted by Crippen LogP contribution is 2.26. The second kappa shape index (κ2) is 4.86. The predicted molar refractivity (Wildman–Crippen MR) is 54.8 cm³/mol. The summed E-state index contributed by atoms with van der Waals surface area (Å²) in [5.74, 6) is 0. The zero-order valence-corrected chi connectivity index (χ0v) is 9.38. The lowest BCUT2D eigenvalue weighted by atomic mass is 10.0. The van der Waals surface area contributed by atoms with Crippen LogP contribution >= 0.6 is 0 Å². The van der Waals surface area contributed by atoms with Crippen LogP contribution in [0, 0.1) is 6.92 Å². The minimum absolute atomic E-state index is 0.0546. The summed E-state index contributed by atoms with van der Waals surface area (Å²) >= 11 is 0. The molecule has 0 bridgehead atoms. The average Bonchev–Trinajstić information content (AvgIpc) is 2.45. The van der Waals surface area contributed by atoms with Crippen molar-refractivity contribution in [2.45, 2.75) is 38.4 Å². The van der Waals surface area contributed by atoms with Crippen molar-refractivity contribution in [2.75, 3.05) is 0 Å². The first-order valence-corrected chi connectivity index (χ1v) is 5.12. The Bertz CT molecular complexity index is 344. The van der Waals surface area contributed by atoms with E-state index in [-0.39, 0.29) is 12.5 Å². The lowest BCUT2D eigenvalue weighted by molar-refractivity contribution is -0.135. The molecule has 1 aromatic rings. The van der Waals surface area contributed by atoms with Gasteiger partial charge in [0, 0.05) is 30.8 Å². The number of hydrogen-bond acceptors (Lipinski definition) is 2. The third-order valence-electron chi connectivity index (χ3n) is 2.65. The van der Waals surface area contributed by atoms with E-state index >= 15 is 0 Å². The molecule has 1 aromatic heterocycles. The summed E-state index contributed by atoms with van der Waals surface area (Å²) in [5, 5.41) is 4.01. The van der Waals surface area contributed by atoms with Gasteiger partial charge in [0.25, 0.3) is 0 Å². The van der Waals surface area contributed by atoms with Gasteiger partial charge in [-0.3, -0.25) is 4.68 Å². The van der Waals surface area contributed by atoms with E-state index in [1.807, 2.05) is 6.92 Å². The molecular formula is C10H16F3N3. The number of nitrogens with zero attached hydrogens (tertiary/aromatic N) is 2. The monoisotopic (exact) mass is 235 g/mol. The Hall–Kier alpha value is -1.04. The van der Waals surface area contributed by atoms with E-state index in [2.05, 4.69) is 5.10 Å². The smallest absolute Gasteiger partial charge is 0.324 e. The molecule has 1 heterocycles. The van der Waals surface area contributed by atoms with Gasteiger partial charge in [-0.1, -0.05) is 0 Å². The van der Waals surface area contributed by atoms with E-state index in [1.54, 1.807) is 17.9 Å². The summed E-state index contributed by atoms with van der Waals surface area (Å²) in [6.07, 6.45) is -2.87. The van der Waals surface area contributed by atoms with Crippen molar-refractivity contribution < 1.29 is 13.2 Å². The normalized spacial score (nSPS) is 14.1. The van der Waals surface area contributed by atoms with Gasteiger partial charge >= 0.3 is 6.18 Å². The molecule has 1 unspecified atom stereocenters. The molecule has 0 amide bonds. The Kier molecular flexibility index (Phi) is 3.96. The summed E-state index contributed by atoms with van der Waals surface area (Å²) in [7, 11) is 1.78. The number of alkyl halides is 3. The van der Waals surface area contributed by atoms with Crippen LogP contribution in [0.25, 0.3) is 0 Å². The zero-order chi connectivity index (χ0) is 12.3. The van der Waals surface area contributed by atoms with Crippen molar-refractivity contribution in [3.63, 3.8) is 0 Å². The molecule has 1 atom stereocenters. The van der Waals surface area contributed by atoms with Gasteiger partial charge in [0.15, 0.2) is 0 Å². The fraction of sp³-hybridized carbons (Fsp3) is 0.700. The Morgan fingerprint density at radius 2 is 2.12 bits per heavy atom. The van der Waals surface area contributed by atoms with E-state index in [4.69, 9.17) is 5.73 Å². The first kappa shape index (κ1) is 13.0. The largest absolute Gasteiger partial charge is 0.389 e. The molecule has 1 rings (SSSR count). The van der Waals surface area contributed by atoms with Crippen molar-refractivity contribution in [3.05, 3.63) is 17.5 Å². The third-order valence-corrected chi connectivity index (χ3v) is 2.65. The van der Waals surface area contributed by atoms with Crippen LogP contribution in [-0.2, 0) is 7.05 Å². The maximum absolute atomic E-state index is 11.9. The highest BCUT2D eigenvalue weighted by atomic mass is 19.4. The number of aryl methyl sites for hydroxylation is 1. The molecule has 0 saturated heterocycles. The first-order chi connectivity index (χ1) is 7.31. The standard InChI is InChI=1S/C10H16F3N3/c1-7-8(6-15-16(7)2)9(14)4-3-5-10(11,12)13/h6,9H,3-5,14H2,1-2H3. The Morgan fingerprint density at radius 3 is 2.56 bits per heavy atom. The molecule has 3 nitrogen and oxygen atoms in total. The molecule has 0 aliphatic carbocycles. The average molecular weight is 235 g/mol. The highest BCUT2D eigenvalue weighted by Gasteiger charge is 2.26. The first-order valence-electron chi connectivity index (χ1n) is 5.12. The lowest BCUT2D eigenvalue weighted by Crippen LogP contribution is -2.13. The topological polar surface area (TPSA) is 43.8 Å². The van der Waals surface area contributed by atoms with Crippen molar-refractivity contribution in [2.24, 2.45) is 12.8 Å². The van der Waals surface area contributed by atoms with Gasteiger partial charge in [-0.15, -0.1) is 0 Å². The van der Waals surface area contributed by atoms with E-state index in [9.17, 15) is 13.2 Å². The van der Waals surface area contributed by atoms with Gasteiger partial charge in [-0.25, -0.2) is 0 Å². The number of hydrogen-bond donors (Lipinski definition) is 1. The van der Waals surface area contributed by atoms with Crippen LogP contribution in [0.3, 0.4) is 0 Å². The fourth-order valence-corrected chi connectivity index (χ4v) is 1.56. The highest BCUT2D eigenvalue weighted by molar-refractivity contribution is 5.19. The quantitative estimate of drug-likeness (QED) is 0.871. The van der Waals surface area contributed by atoms with Crippen LogP contribution in [0.4, 0.5) is 13.2 Å². The van der Waals surface area contributed by atoms with Gasteiger partial charge in [0.05, 0.1) is 6.20 Å². The second-order valence-corrected chi connectivity index (χ2v) is 3.92.